The molecule has 2 heterocycles. The number of sulfonamides is 1. The summed E-state index contributed by atoms with van der Waals surface area (Å²) in [7, 11) is -1.77. The van der Waals surface area contributed by atoms with Crippen molar-refractivity contribution >= 4 is 21.4 Å². The van der Waals surface area contributed by atoms with E-state index in [9.17, 15) is 8.42 Å². The summed E-state index contributed by atoms with van der Waals surface area (Å²) in [5.41, 5.74) is 1.01. The third kappa shape index (κ3) is 3.23. The predicted octanol–water partition coefficient (Wildman–Crippen LogP) is 1.66. The number of nitrogens with zero attached hydrogens (tertiary/aromatic N) is 1. The Balaban J connectivity index is 2.15. The lowest BCUT2D eigenvalue weighted by atomic mass is 10.2. The number of rotatable bonds is 6. The molecule has 1 aromatic heterocycles. The zero-order chi connectivity index (χ0) is 14.8. The third-order valence-corrected chi connectivity index (χ3v) is 6.99. The van der Waals surface area contributed by atoms with Gasteiger partial charge in [-0.2, -0.15) is 4.31 Å². The molecule has 0 spiro atoms. The predicted molar refractivity (Wildman–Crippen MR) is 80.5 cm³/mol. The molecule has 1 fully saturated rings. The van der Waals surface area contributed by atoms with Crippen molar-refractivity contribution in [3.8, 4) is 0 Å². The molecule has 114 valence electrons. The van der Waals surface area contributed by atoms with Crippen LogP contribution in [0.2, 0.25) is 0 Å². The van der Waals surface area contributed by atoms with Crippen molar-refractivity contribution in [3.63, 3.8) is 0 Å². The van der Waals surface area contributed by atoms with Crippen LogP contribution in [0, 0.1) is 0 Å². The minimum Gasteiger partial charge on any atom is -0.377 e. The standard InChI is InChI=1S/C13H22N2O3S2/c1-4-14-8-11-7-13(19-9-11)20(16,17)15(3)12-5-6-18-10(12)2/h7,9-10,12,14H,4-6,8H2,1-3H3. The molecule has 2 rings (SSSR count). The lowest BCUT2D eigenvalue weighted by molar-refractivity contribution is 0.102. The van der Waals surface area contributed by atoms with Gasteiger partial charge in [0, 0.05) is 20.2 Å². The first kappa shape index (κ1) is 15.9. The monoisotopic (exact) mass is 318 g/mol. The van der Waals surface area contributed by atoms with Crippen molar-refractivity contribution in [1.82, 2.24) is 9.62 Å². The minimum absolute atomic E-state index is 0.0454. The molecule has 0 amide bonds. The van der Waals surface area contributed by atoms with Crippen LogP contribution in [0.3, 0.4) is 0 Å². The molecule has 1 saturated heterocycles. The van der Waals surface area contributed by atoms with E-state index in [1.54, 1.807) is 13.1 Å². The average Bonchev–Trinajstić information content (AvgIpc) is 3.04. The fourth-order valence-electron chi connectivity index (χ4n) is 2.37. The molecule has 0 radical (unpaired) electrons. The molecule has 2 atom stereocenters. The second kappa shape index (κ2) is 6.53. The van der Waals surface area contributed by atoms with Crippen molar-refractivity contribution in [1.29, 1.82) is 0 Å². The van der Waals surface area contributed by atoms with Crippen molar-refractivity contribution in [3.05, 3.63) is 17.0 Å². The Labute approximate surface area is 125 Å². The Morgan fingerprint density at radius 1 is 1.55 bits per heavy atom. The van der Waals surface area contributed by atoms with E-state index in [2.05, 4.69) is 5.32 Å². The first-order chi connectivity index (χ1) is 9.46. The van der Waals surface area contributed by atoms with E-state index in [0.29, 0.717) is 17.4 Å². The Bertz CT molecular complexity index is 542. The summed E-state index contributed by atoms with van der Waals surface area (Å²) in [5.74, 6) is 0. The number of hydrogen-bond acceptors (Lipinski definition) is 5. The first-order valence-corrected chi connectivity index (χ1v) is 9.16. The highest BCUT2D eigenvalue weighted by molar-refractivity contribution is 7.91. The summed E-state index contributed by atoms with van der Waals surface area (Å²) in [6.07, 6.45) is 0.711. The van der Waals surface area contributed by atoms with Gasteiger partial charge in [0.05, 0.1) is 12.1 Å². The smallest absolute Gasteiger partial charge is 0.252 e. The van der Waals surface area contributed by atoms with Gasteiger partial charge in [-0.3, -0.25) is 0 Å². The maximum Gasteiger partial charge on any atom is 0.252 e. The van der Waals surface area contributed by atoms with Crippen LogP contribution in [0.4, 0.5) is 0 Å². The van der Waals surface area contributed by atoms with Gasteiger partial charge >= 0.3 is 0 Å². The molecule has 7 heteroatoms. The summed E-state index contributed by atoms with van der Waals surface area (Å²) < 4.78 is 32.6. The van der Waals surface area contributed by atoms with Gasteiger partial charge in [-0.05, 0) is 36.9 Å². The number of nitrogens with one attached hydrogen (secondary N) is 1. The zero-order valence-corrected chi connectivity index (χ0v) is 13.8. The summed E-state index contributed by atoms with van der Waals surface area (Å²) >= 11 is 1.28. The lowest BCUT2D eigenvalue weighted by Crippen LogP contribution is -2.40. The van der Waals surface area contributed by atoms with Crippen LogP contribution in [0.1, 0.15) is 25.8 Å². The van der Waals surface area contributed by atoms with Crippen LogP contribution < -0.4 is 5.32 Å². The molecule has 20 heavy (non-hydrogen) atoms. The second-order valence-electron chi connectivity index (χ2n) is 5.01. The van der Waals surface area contributed by atoms with Crippen LogP contribution in [0.25, 0.3) is 0 Å². The van der Waals surface area contributed by atoms with Gasteiger partial charge in [0.2, 0.25) is 0 Å². The van der Waals surface area contributed by atoms with Gasteiger partial charge in [0.25, 0.3) is 10.0 Å². The van der Waals surface area contributed by atoms with E-state index >= 15 is 0 Å². The highest BCUT2D eigenvalue weighted by Gasteiger charge is 2.35. The van der Waals surface area contributed by atoms with E-state index in [4.69, 9.17) is 4.74 Å². The summed E-state index contributed by atoms with van der Waals surface area (Å²) in [5, 5.41) is 5.10. The topological polar surface area (TPSA) is 58.6 Å². The van der Waals surface area contributed by atoms with Crippen molar-refractivity contribution < 1.29 is 13.2 Å². The molecule has 2 unspecified atom stereocenters. The fraction of sp³-hybridized carbons (Fsp3) is 0.692. The maximum atomic E-state index is 12.6. The summed E-state index contributed by atoms with van der Waals surface area (Å²) in [6, 6.07) is 1.69. The van der Waals surface area contributed by atoms with Gasteiger partial charge in [-0.15, -0.1) is 11.3 Å². The van der Waals surface area contributed by atoms with Gasteiger partial charge in [-0.1, -0.05) is 6.92 Å². The fourth-order valence-corrected chi connectivity index (χ4v) is 5.21. The molecule has 0 aliphatic carbocycles. The van der Waals surface area contributed by atoms with Crippen LogP contribution in [0.15, 0.2) is 15.7 Å². The van der Waals surface area contributed by atoms with Crippen molar-refractivity contribution in [2.75, 3.05) is 20.2 Å². The molecular formula is C13H22N2O3S2. The van der Waals surface area contributed by atoms with E-state index in [1.807, 2.05) is 19.2 Å². The van der Waals surface area contributed by atoms with Gasteiger partial charge < -0.3 is 10.1 Å². The molecular weight excluding hydrogens is 296 g/mol. The molecule has 5 nitrogen and oxygen atoms in total. The highest BCUT2D eigenvalue weighted by Crippen LogP contribution is 2.28. The highest BCUT2D eigenvalue weighted by atomic mass is 32.2. The van der Waals surface area contributed by atoms with E-state index in [1.165, 1.54) is 15.6 Å². The Hall–Kier alpha value is -0.470. The molecule has 0 bridgehead atoms. The van der Waals surface area contributed by atoms with E-state index in [0.717, 1.165) is 18.5 Å². The summed E-state index contributed by atoms with van der Waals surface area (Å²) in [4.78, 5) is 0. The van der Waals surface area contributed by atoms with E-state index in [-0.39, 0.29) is 12.1 Å². The normalized spacial score (nSPS) is 23.6. The van der Waals surface area contributed by atoms with Gasteiger partial charge in [-0.25, -0.2) is 8.42 Å². The van der Waals surface area contributed by atoms with Crippen LogP contribution >= 0.6 is 11.3 Å². The average molecular weight is 318 g/mol. The molecule has 1 aliphatic rings. The lowest BCUT2D eigenvalue weighted by Gasteiger charge is -2.25. The Morgan fingerprint density at radius 2 is 2.30 bits per heavy atom. The molecule has 1 N–H and O–H groups in total. The van der Waals surface area contributed by atoms with Gasteiger partial charge in [0.15, 0.2) is 0 Å². The SMILES string of the molecule is CCNCc1csc(S(=O)(=O)N(C)C2CCOC2C)c1. The third-order valence-electron chi connectivity index (χ3n) is 3.65. The second-order valence-corrected chi connectivity index (χ2v) is 8.14. The van der Waals surface area contributed by atoms with Crippen molar-refractivity contribution in [2.45, 2.75) is 43.2 Å². The van der Waals surface area contributed by atoms with Crippen molar-refractivity contribution in [2.24, 2.45) is 0 Å². The van der Waals surface area contributed by atoms with E-state index < -0.39 is 10.0 Å². The number of thiophene rings is 1. The first-order valence-electron chi connectivity index (χ1n) is 6.84. The zero-order valence-electron chi connectivity index (χ0n) is 12.1. The Morgan fingerprint density at radius 3 is 2.90 bits per heavy atom. The number of likely N-dealkylation sites (N-methyl/N-ethyl adjacent to an activating group) is 1. The molecule has 0 saturated carbocycles. The van der Waals surface area contributed by atoms with Gasteiger partial charge in [0.1, 0.15) is 4.21 Å². The quantitative estimate of drug-likeness (QED) is 0.866. The minimum atomic E-state index is -3.42. The molecule has 0 aromatic carbocycles. The number of hydrogen-bond donors (Lipinski definition) is 1. The van der Waals surface area contributed by atoms with Crippen LogP contribution in [-0.2, 0) is 21.3 Å². The van der Waals surface area contributed by atoms with Crippen LogP contribution in [0.5, 0.6) is 0 Å². The van der Waals surface area contributed by atoms with Crippen LogP contribution in [-0.4, -0.2) is 45.1 Å². The Kier molecular flexibility index (Phi) is 5.19. The maximum absolute atomic E-state index is 12.6. The largest absolute Gasteiger partial charge is 0.377 e. The summed E-state index contributed by atoms with van der Waals surface area (Å²) in [6.45, 7) is 6.15. The molecule has 1 aromatic rings. The number of ether oxygens (including phenoxy) is 1. The molecule has 1 aliphatic heterocycles.